The van der Waals surface area contributed by atoms with Crippen molar-refractivity contribution in [3.63, 3.8) is 0 Å². The van der Waals surface area contributed by atoms with Crippen LogP contribution in [0.5, 0.6) is 0 Å². The molecule has 0 saturated carbocycles. The molecule has 0 spiro atoms. The van der Waals surface area contributed by atoms with Crippen LogP contribution < -0.4 is 5.32 Å². The molecular weight excluding hydrogens is 220 g/mol. The molecule has 0 aromatic carbocycles. The third kappa shape index (κ3) is 1.88. The topological polar surface area (TPSA) is 31.4 Å². The Morgan fingerprint density at radius 3 is 2.88 bits per heavy atom. The van der Waals surface area contributed by atoms with Gasteiger partial charge in [0, 0.05) is 44.6 Å². The highest BCUT2D eigenvalue weighted by Gasteiger charge is 2.34. The first-order chi connectivity index (χ1) is 7.86. The van der Waals surface area contributed by atoms with Crippen molar-refractivity contribution in [3.05, 3.63) is 16.1 Å². The molecular formula is C11H18N4S. The summed E-state index contributed by atoms with van der Waals surface area (Å²) < 4.78 is 0. The summed E-state index contributed by atoms with van der Waals surface area (Å²) >= 11 is 1.82. The van der Waals surface area contributed by atoms with Crippen molar-refractivity contribution in [2.24, 2.45) is 0 Å². The molecule has 4 nitrogen and oxygen atoms in total. The lowest BCUT2D eigenvalue weighted by Crippen LogP contribution is -2.56. The van der Waals surface area contributed by atoms with Crippen LogP contribution in [0.15, 0.2) is 5.38 Å². The second-order valence-electron chi connectivity index (χ2n) is 4.56. The van der Waals surface area contributed by atoms with Crippen molar-refractivity contribution in [1.82, 2.24) is 20.1 Å². The van der Waals surface area contributed by atoms with E-state index in [0.29, 0.717) is 6.04 Å². The molecule has 3 aliphatic rings. The number of fused-ring (bicyclic) bond motifs is 3. The minimum absolute atomic E-state index is 0.554. The van der Waals surface area contributed by atoms with Gasteiger partial charge in [-0.3, -0.25) is 9.80 Å². The fourth-order valence-corrected chi connectivity index (χ4v) is 3.53. The maximum absolute atomic E-state index is 4.73. The Hall–Kier alpha value is -0.490. The van der Waals surface area contributed by atoms with Crippen LogP contribution in [-0.2, 0) is 6.54 Å². The molecule has 5 heteroatoms. The van der Waals surface area contributed by atoms with Crippen LogP contribution in [0, 0.1) is 0 Å². The summed E-state index contributed by atoms with van der Waals surface area (Å²) in [6.45, 7) is 6.97. The van der Waals surface area contributed by atoms with E-state index in [1.165, 1.54) is 43.4 Å². The van der Waals surface area contributed by atoms with Crippen molar-refractivity contribution in [2.45, 2.75) is 12.6 Å². The number of thiazole rings is 1. The smallest absolute Gasteiger partial charge is 0.111 e. The summed E-state index contributed by atoms with van der Waals surface area (Å²) in [7, 11) is 1.97. The summed E-state index contributed by atoms with van der Waals surface area (Å²) in [5.41, 5.74) is 1.18. The van der Waals surface area contributed by atoms with Crippen LogP contribution in [0.3, 0.4) is 0 Å². The van der Waals surface area contributed by atoms with Crippen LogP contribution in [0.25, 0.3) is 0 Å². The molecule has 1 atom stereocenters. The lowest BCUT2D eigenvalue weighted by atomic mass is 10.1. The van der Waals surface area contributed by atoms with Gasteiger partial charge in [0.15, 0.2) is 0 Å². The molecule has 16 heavy (non-hydrogen) atoms. The van der Waals surface area contributed by atoms with Gasteiger partial charge < -0.3 is 5.32 Å². The Kier molecular flexibility index (Phi) is 2.93. The van der Waals surface area contributed by atoms with Crippen LogP contribution >= 0.6 is 11.3 Å². The minimum Gasteiger partial charge on any atom is -0.314 e. The SMILES string of the molecule is CNCc1csc(C2CN3CCN2CC3)n1. The molecule has 2 bridgehead atoms. The number of nitrogens with zero attached hydrogens (tertiary/aromatic N) is 3. The number of nitrogens with one attached hydrogen (secondary N) is 1. The molecule has 0 radical (unpaired) electrons. The zero-order chi connectivity index (χ0) is 11.0. The van der Waals surface area contributed by atoms with Gasteiger partial charge in [0.1, 0.15) is 5.01 Å². The van der Waals surface area contributed by atoms with E-state index in [4.69, 9.17) is 4.98 Å². The molecule has 4 rings (SSSR count). The molecule has 3 aliphatic heterocycles. The van der Waals surface area contributed by atoms with E-state index in [1.807, 2.05) is 18.4 Å². The summed E-state index contributed by atoms with van der Waals surface area (Å²) in [6.07, 6.45) is 0. The second kappa shape index (κ2) is 4.41. The number of aromatic nitrogens is 1. The quantitative estimate of drug-likeness (QED) is 0.832. The average Bonchev–Trinajstić information content (AvgIpc) is 2.80. The summed E-state index contributed by atoms with van der Waals surface area (Å²) in [5, 5.41) is 6.64. The van der Waals surface area contributed by atoms with Gasteiger partial charge in [-0.2, -0.15) is 0 Å². The van der Waals surface area contributed by atoms with Gasteiger partial charge in [0.2, 0.25) is 0 Å². The predicted octanol–water partition coefficient (Wildman–Crippen LogP) is 0.535. The van der Waals surface area contributed by atoms with Gasteiger partial charge in [-0.25, -0.2) is 4.98 Å². The second-order valence-corrected chi connectivity index (χ2v) is 5.45. The van der Waals surface area contributed by atoms with Gasteiger partial charge in [-0.1, -0.05) is 0 Å². The lowest BCUT2D eigenvalue weighted by Gasteiger charge is -2.46. The van der Waals surface area contributed by atoms with Gasteiger partial charge >= 0.3 is 0 Å². The minimum atomic E-state index is 0.554. The Balaban J connectivity index is 1.76. The molecule has 1 unspecified atom stereocenters. The number of rotatable bonds is 3. The van der Waals surface area contributed by atoms with Crippen molar-refractivity contribution >= 4 is 11.3 Å². The highest BCUT2D eigenvalue weighted by atomic mass is 32.1. The molecule has 3 saturated heterocycles. The summed E-state index contributed by atoms with van der Waals surface area (Å²) in [4.78, 5) is 9.87. The monoisotopic (exact) mass is 238 g/mol. The van der Waals surface area contributed by atoms with Gasteiger partial charge in [0.05, 0.1) is 11.7 Å². The highest BCUT2D eigenvalue weighted by molar-refractivity contribution is 7.09. The highest BCUT2D eigenvalue weighted by Crippen LogP contribution is 2.30. The maximum atomic E-state index is 4.73. The molecule has 88 valence electrons. The average molecular weight is 238 g/mol. The largest absolute Gasteiger partial charge is 0.314 e. The van der Waals surface area contributed by atoms with Crippen molar-refractivity contribution in [2.75, 3.05) is 39.8 Å². The van der Waals surface area contributed by atoms with Crippen molar-refractivity contribution < 1.29 is 0 Å². The first kappa shape index (κ1) is 10.7. The van der Waals surface area contributed by atoms with Crippen molar-refractivity contribution in [1.29, 1.82) is 0 Å². The Labute approximate surface area is 100 Å². The molecule has 1 aromatic rings. The number of piperazine rings is 3. The van der Waals surface area contributed by atoms with E-state index in [-0.39, 0.29) is 0 Å². The zero-order valence-electron chi connectivity index (χ0n) is 9.65. The van der Waals surface area contributed by atoms with Crippen LogP contribution in [-0.4, -0.2) is 54.6 Å². The van der Waals surface area contributed by atoms with E-state index >= 15 is 0 Å². The molecule has 0 amide bonds. The maximum Gasteiger partial charge on any atom is 0.111 e. The van der Waals surface area contributed by atoms with Gasteiger partial charge in [0.25, 0.3) is 0 Å². The van der Waals surface area contributed by atoms with Crippen LogP contribution in [0.1, 0.15) is 16.7 Å². The Morgan fingerprint density at radius 2 is 2.25 bits per heavy atom. The predicted molar refractivity (Wildman–Crippen MR) is 65.6 cm³/mol. The molecule has 3 fully saturated rings. The molecule has 0 aliphatic carbocycles. The Bertz CT molecular complexity index is 357. The standard InChI is InChI=1S/C11H18N4S/c1-12-6-9-8-16-11(13-9)10-7-14-2-4-15(10)5-3-14/h8,10,12H,2-7H2,1H3. The fraction of sp³-hybridized carbons (Fsp3) is 0.727. The normalized spacial score (nSPS) is 33.2. The lowest BCUT2D eigenvalue weighted by molar-refractivity contribution is 0.0122. The first-order valence-corrected chi connectivity index (χ1v) is 6.80. The zero-order valence-corrected chi connectivity index (χ0v) is 10.5. The van der Waals surface area contributed by atoms with Gasteiger partial charge in [-0.05, 0) is 7.05 Å². The van der Waals surface area contributed by atoms with E-state index in [0.717, 1.165) is 6.54 Å². The van der Waals surface area contributed by atoms with Crippen LogP contribution in [0.2, 0.25) is 0 Å². The van der Waals surface area contributed by atoms with Gasteiger partial charge in [-0.15, -0.1) is 11.3 Å². The molecule has 4 heterocycles. The number of hydrogen-bond donors (Lipinski definition) is 1. The van der Waals surface area contributed by atoms with E-state index < -0.39 is 0 Å². The van der Waals surface area contributed by atoms with E-state index in [9.17, 15) is 0 Å². The Morgan fingerprint density at radius 1 is 1.44 bits per heavy atom. The summed E-state index contributed by atoms with van der Waals surface area (Å²) in [6, 6.07) is 0.554. The van der Waals surface area contributed by atoms with E-state index in [1.54, 1.807) is 0 Å². The van der Waals surface area contributed by atoms with E-state index in [2.05, 4.69) is 20.5 Å². The van der Waals surface area contributed by atoms with Crippen LogP contribution in [0.4, 0.5) is 0 Å². The number of hydrogen-bond acceptors (Lipinski definition) is 5. The van der Waals surface area contributed by atoms with Crippen molar-refractivity contribution in [3.8, 4) is 0 Å². The first-order valence-electron chi connectivity index (χ1n) is 5.92. The third-order valence-corrected chi connectivity index (χ3v) is 4.49. The third-order valence-electron chi connectivity index (χ3n) is 3.49. The molecule has 1 aromatic heterocycles. The summed E-state index contributed by atoms with van der Waals surface area (Å²) in [5.74, 6) is 0. The molecule has 1 N–H and O–H groups in total. The fourth-order valence-electron chi connectivity index (χ4n) is 2.59.